The van der Waals surface area contributed by atoms with E-state index >= 15 is 0 Å². The second-order valence-corrected chi connectivity index (χ2v) is 5.28. The molecular weight excluding hydrogens is 298 g/mol. The highest BCUT2D eigenvalue weighted by molar-refractivity contribution is 5.60. The molecule has 0 aliphatic heterocycles. The summed E-state index contributed by atoms with van der Waals surface area (Å²) in [5, 5.41) is 8.82. The summed E-state index contributed by atoms with van der Waals surface area (Å²) in [6, 6.07) is 19.8. The Labute approximate surface area is 140 Å². The first kappa shape index (κ1) is 15.4. The van der Waals surface area contributed by atoms with Crippen molar-refractivity contribution in [1.82, 2.24) is 4.57 Å². The number of nitriles is 1. The molecule has 0 fully saturated rings. The highest BCUT2D eigenvalue weighted by atomic mass is 16.3. The standard InChI is InChI=1S/C20H15N3O/c1-22-17(15-21)14-18-9-10-20(24-18)19-8-5-12-23(19)13-11-16-6-3-2-4-7-16/h2-10,12,14H,11,13H2/b17-14+. The smallest absolute Gasteiger partial charge is 0.265 e. The van der Waals surface area contributed by atoms with Crippen LogP contribution >= 0.6 is 0 Å². The van der Waals surface area contributed by atoms with Crippen molar-refractivity contribution in [2.24, 2.45) is 0 Å². The lowest BCUT2D eigenvalue weighted by Crippen LogP contribution is -2.01. The number of benzene rings is 1. The molecule has 0 aliphatic rings. The van der Waals surface area contributed by atoms with Gasteiger partial charge < -0.3 is 8.98 Å². The summed E-state index contributed by atoms with van der Waals surface area (Å²) in [6.45, 7) is 7.77. The molecule has 0 saturated heterocycles. The first-order valence-corrected chi connectivity index (χ1v) is 7.58. The molecule has 0 saturated carbocycles. The Morgan fingerprint density at radius 2 is 2.00 bits per heavy atom. The molecule has 0 amide bonds. The Kier molecular flexibility index (Phi) is 4.60. The van der Waals surface area contributed by atoms with Gasteiger partial charge in [0, 0.05) is 12.7 Å². The zero-order chi connectivity index (χ0) is 16.8. The number of rotatable bonds is 5. The monoisotopic (exact) mass is 313 g/mol. The van der Waals surface area contributed by atoms with E-state index in [0.717, 1.165) is 24.4 Å². The Hall–Kier alpha value is -3.50. The van der Waals surface area contributed by atoms with Crippen molar-refractivity contribution in [3.05, 3.63) is 89.2 Å². The quantitative estimate of drug-likeness (QED) is 0.503. The van der Waals surface area contributed by atoms with Gasteiger partial charge in [0.25, 0.3) is 5.70 Å². The number of furan rings is 1. The van der Waals surface area contributed by atoms with Crippen LogP contribution in [0.5, 0.6) is 0 Å². The van der Waals surface area contributed by atoms with Crippen LogP contribution in [0.3, 0.4) is 0 Å². The van der Waals surface area contributed by atoms with Gasteiger partial charge in [-0.2, -0.15) is 0 Å². The fraction of sp³-hybridized carbons (Fsp3) is 0.100. The van der Waals surface area contributed by atoms with Crippen molar-refractivity contribution in [1.29, 1.82) is 5.26 Å². The van der Waals surface area contributed by atoms with Gasteiger partial charge in [-0.15, -0.1) is 0 Å². The van der Waals surface area contributed by atoms with E-state index in [0.29, 0.717) is 5.76 Å². The second-order valence-electron chi connectivity index (χ2n) is 5.28. The third-order valence-corrected chi connectivity index (χ3v) is 3.71. The third kappa shape index (κ3) is 3.45. The molecule has 0 bridgehead atoms. The van der Waals surface area contributed by atoms with Crippen LogP contribution in [-0.2, 0) is 13.0 Å². The maximum atomic E-state index is 8.82. The Balaban J connectivity index is 1.79. The molecule has 0 spiro atoms. The van der Waals surface area contributed by atoms with E-state index in [2.05, 4.69) is 21.5 Å². The van der Waals surface area contributed by atoms with Crippen LogP contribution in [0.15, 0.2) is 70.9 Å². The molecule has 0 N–H and O–H groups in total. The van der Waals surface area contributed by atoms with E-state index in [1.165, 1.54) is 11.6 Å². The fourth-order valence-corrected chi connectivity index (χ4v) is 2.52. The van der Waals surface area contributed by atoms with Gasteiger partial charge >= 0.3 is 0 Å². The molecule has 4 heteroatoms. The molecule has 24 heavy (non-hydrogen) atoms. The molecular formula is C20H15N3O. The minimum absolute atomic E-state index is 0.00959. The molecule has 0 aliphatic carbocycles. The first-order valence-electron chi connectivity index (χ1n) is 7.58. The summed E-state index contributed by atoms with van der Waals surface area (Å²) in [7, 11) is 0. The number of hydrogen-bond donors (Lipinski definition) is 0. The molecule has 2 heterocycles. The molecule has 3 rings (SSSR count). The molecule has 0 radical (unpaired) electrons. The summed E-state index contributed by atoms with van der Waals surface area (Å²) in [4.78, 5) is 3.14. The Morgan fingerprint density at radius 3 is 2.75 bits per heavy atom. The van der Waals surface area contributed by atoms with E-state index in [9.17, 15) is 0 Å². The molecule has 0 unspecified atom stereocenters. The maximum Gasteiger partial charge on any atom is 0.265 e. The lowest BCUT2D eigenvalue weighted by atomic mass is 10.1. The largest absolute Gasteiger partial charge is 0.456 e. The summed E-state index contributed by atoms with van der Waals surface area (Å²) < 4.78 is 7.90. The molecule has 116 valence electrons. The van der Waals surface area contributed by atoms with Crippen LogP contribution in [0.25, 0.3) is 22.4 Å². The zero-order valence-corrected chi connectivity index (χ0v) is 13.0. The van der Waals surface area contributed by atoms with Crippen molar-refractivity contribution < 1.29 is 4.42 Å². The lowest BCUT2D eigenvalue weighted by molar-refractivity contribution is 0.561. The van der Waals surface area contributed by atoms with Crippen molar-refractivity contribution in [3.8, 4) is 17.5 Å². The number of allylic oxidation sites excluding steroid dienone is 1. The number of aromatic nitrogens is 1. The predicted octanol–water partition coefficient (Wildman–Crippen LogP) is 4.77. The normalized spacial score (nSPS) is 11.0. The van der Waals surface area contributed by atoms with Gasteiger partial charge in [0.05, 0.1) is 18.3 Å². The van der Waals surface area contributed by atoms with E-state index in [1.54, 1.807) is 6.07 Å². The average molecular weight is 313 g/mol. The topological polar surface area (TPSA) is 46.2 Å². The van der Waals surface area contributed by atoms with E-state index in [4.69, 9.17) is 16.3 Å². The van der Waals surface area contributed by atoms with Gasteiger partial charge in [-0.25, -0.2) is 10.1 Å². The Bertz CT molecular complexity index is 917. The van der Waals surface area contributed by atoms with Gasteiger partial charge in [-0.05, 0) is 42.3 Å². The SMILES string of the molecule is [C-]#[N+]/C(C#N)=C/c1ccc(-c2cccn2CCc2ccccc2)o1. The van der Waals surface area contributed by atoms with Crippen LogP contribution in [0.1, 0.15) is 11.3 Å². The minimum Gasteiger partial charge on any atom is -0.456 e. The van der Waals surface area contributed by atoms with Crippen molar-refractivity contribution >= 4 is 6.08 Å². The summed E-state index contributed by atoms with van der Waals surface area (Å²) in [5.41, 5.74) is 2.28. The van der Waals surface area contributed by atoms with Crippen LogP contribution in [0.4, 0.5) is 0 Å². The first-order chi connectivity index (χ1) is 11.8. The predicted molar refractivity (Wildman–Crippen MR) is 92.5 cm³/mol. The van der Waals surface area contributed by atoms with Gasteiger partial charge in [0.1, 0.15) is 5.76 Å². The van der Waals surface area contributed by atoms with Crippen molar-refractivity contribution in [3.63, 3.8) is 0 Å². The van der Waals surface area contributed by atoms with Crippen molar-refractivity contribution in [2.45, 2.75) is 13.0 Å². The van der Waals surface area contributed by atoms with Crippen LogP contribution in [0, 0.1) is 17.9 Å². The zero-order valence-electron chi connectivity index (χ0n) is 13.0. The summed E-state index contributed by atoms with van der Waals surface area (Å²) in [6.07, 6.45) is 4.41. The van der Waals surface area contributed by atoms with Gasteiger partial charge in [0.15, 0.2) is 5.76 Å². The highest BCUT2D eigenvalue weighted by Gasteiger charge is 2.09. The fourth-order valence-electron chi connectivity index (χ4n) is 2.52. The van der Waals surface area contributed by atoms with Gasteiger partial charge in [-0.1, -0.05) is 30.3 Å². The maximum absolute atomic E-state index is 8.82. The third-order valence-electron chi connectivity index (χ3n) is 3.71. The van der Waals surface area contributed by atoms with E-state index < -0.39 is 0 Å². The summed E-state index contributed by atoms with van der Waals surface area (Å²) in [5.74, 6) is 1.23. The molecule has 2 aromatic heterocycles. The van der Waals surface area contributed by atoms with Crippen LogP contribution in [0.2, 0.25) is 0 Å². The molecule has 3 aromatic rings. The minimum atomic E-state index is 0.00959. The Morgan fingerprint density at radius 1 is 1.17 bits per heavy atom. The molecule has 0 atom stereocenters. The van der Waals surface area contributed by atoms with Gasteiger partial charge in [-0.3, -0.25) is 0 Å². The number of nitrogens with zero attached hydrogens (tertiary/aromatic N) is 3. The van der Waals surface area contributed by atoms with Crippen LogP contribution < -0.4 is 0 Å². The highest BCUT2D eigenvalue weighted by Crippen LogP contribution is 2.24. The van der Waals surface area contributed by atoms with E-state index in [1.807, 2.05) is 48.7 Å². The molecule has 4 nitrogen and oxygen atoms in total. The number of aryl methyl sites for hydroxylation is 2. The lowest BCUT2D eigenvalue weighted by Gasteiger charge is -2.07. The second kappa shape index (κ2) is 7.17. The van der Waals surface area contributed by atoms with Crippen LogP contribution in [-0.4, -0.2) is 4.57 Å². The summed E-state index contributed by atoms with van der Waals surface area (Å²) >= 11 is 0. The van der Waals surface area contributed by atoms with Crippen molar-refractivity contribution in [2.75, 3.05) is 0 Å². The average Bonchev–Trinajstić information content (AvgIpc) is 3.27. The number of hydrogen-bond acceptors (Lipinski definition) is 2. The molecule has 1 aromatic carbocycles. The van der Waals surface area contributed by atoms with Gasteiger partial charge in [0.2, 0.25) is 0 Å². The van der Waals surface area contributed by atoms with E-state index in [-0.39, 0.29) is 5.70 Å².